The number of benzene rings is 2. The van der Waals surface area contributed by atoms with Gasteiger partial charge in [-0.2, -0.15) is 0 Å². The summed E-state index contributed by atoms with van der Waals surface area (Å²) in [7, 11) is 1.62. The number of halogens is 2. The predicted molar refractivity (Wildman–Crippen MR) is 94.8 cm³/mol. The zero-order valence-electron chi connectivity index (χ0n) is 12.9. The Balaban J connectivity index is 0.00000264. The van der Waals surface area contributed by atoms with Crippen molar-refractivity contribution in [2.75, 3.05) is 20.3 Å². The second-order valence-corrected chi connectivity index (χ2v) is 5.20. The minimum absolute atomic E-state index is 0. The van der Waals surface area contributed by atoms with E-state index in [1.807, 2.05) is 42.5 Å². The summed E-state index contributed by atoms with van der Waals surface area (Å²) >= 11 is 5.88. The lowest BCUT2D eigenvalue weighted by Gasteiger charge is -2.15. The van der Waals surface area contributed by atoms with Gasteiger partial charge in [0.1, 0.15) is 6.61 Å². The first-order valence-electron chi connectivity index (χ1n) is 7.09. The first-order chi connectivity index (χ1) is 10.7. The van der Waals surface area contributed by atoms with Gasteiger partial charge in [0.05, 0.1) is 13.7 Å². The maximum Gasteiger partial charge on any atom is 0.166 e. The smallest absolute Gasteiger partial charge is 0.166 e. The number of hydrogen-bond donors (Lipinski definition) is 2. The number of rotatable bonds is 8. The number of methoxy groups -OCH3 is 1. The molecular formula is C17H21Cl2NO3. The molecule has 2 aromatic carbocycles. The second-order valence-electron chi connectivity index (χ2n) is 4.76. The van der Waals surface area contributed by atoms with Crippen LogP contribution in [0.1, 0.15) is 11.1 Å². The SMILES string of the molecule is COc1cccc(CNCCO)c1OCc1ccc(Cl)cc1.Cl. The fourth-order valence-electron chi connectivity index (χ4n) is 2.06. The Morgan fingerprint density at radius 3 is 2.52 bits per heavy atom. The normalized spacial score (nSPS) is 10.0. The Morgan fingerprint density at radius 1 is 1.13 bits per heavy atom. The number of nitrogens with one attached hydrogen (secondary N) is 1. The molecule has 0 unspecified atom stereocenters. The van der Waals surface area contributed by atoms with Gasteiger partial charge in [0.15, 0.2) is 11.5 Å². The van der Waals surface area contributed by atoms with Gasteiger partial charge in [-0.05, 0) is 23.8 Å². The molecular weight excluding hydrogens is 337 g/mol. The Labute approximate surface area is 147 Å². The molecule has 0 saturated carbocycles. The van der Waals surface area contributed by atoms with Crippen molar-refractivity contribution in [3.05, 3.63) is 58.6 Å². The van der Waals surface area contributed by atoms with Crippen LogP contribution in [-0.2, 0) is 13.2 Å². The van der Waals surface area contributed by atoms with Crippen molar-refractivity contribution in [1.82, 2.24) is 5.32 Å². The molecule has 0 saturated heterocycles. The largest absolute Gasteiger partial charge is 0.493 e. The van der Waals surface area contributed by atoms with Crippen molar-refractivity contribution in [2.24, 2.45) is 0 Å². The molecule has 23 heavy (non-hydrogen) atoms. The maximum absolute atomic E-state index is 8.86. The van der Waals surface area contributed by atoms with Crippen LogP contribution in [0.3, 0.4) is 0 Å². The number of para-hydroxylation sites is 1. The van der Waals surface area contributed by atoms with Crippen LogP contribution in [0.25, 0.3) is 0 Å². The molecule has 2 aromatic rings. The molecule has 0 aliphatic rings. The average molecular weight is 358 g/mol. The van der Waals surface area contributed by atoms with Crippen molar-refractivity contribution < 1.29 is 14.6 Å². The Bertz CT molecular complexity index is 591. The summed E-state index contributed by atoms with van der Waals surface area (Å²) in [6.07, 6.45) is 0. The van der Waals surface area contributed by atoms with E-state index in [1.165, 1.54) is 0 Å². The van der Waals surface area contributed by atoms with Crippen LogP contribution in [0.15, 0.2) is 42.5 Å². The van der Waals surface area contributed by atoms with Crippen molar-refractivity contribution in [1.29, 1.82) is 0 Å². The molecule has 2 N–H and O–H groups in total. The lowest BCUT2D eigenvalue weighted by Crippen LogP contribution is -2.18. The standard InChI is InChI=1S/C17H20ClNO3.ClH/c1-21-16-4-2-3-14(11-19-9-10-20)17(16)22-12-13-5-7-15(18)8-6-13;/h2-8,19-20H,9-12H2,1H3;1H. The van der Waals surface area contributed by atoms with E-state index in [4.69, 9.17) is 26.2 Å². The van der Waals surface area contributed by atoms with Gasteiger partial charge in [-0.3, -0.25) is 0 Å². The van der Waals surface area contributed by atoms with Crippen LogP contribution in [-0.4, -0.2) is 25.4 Å². The highest BCUT2D eigenvalue weighted by Crippen LogP contribution is 2.31. The lowest BCUT2D eigenvalue weighted by atomic mass is 10.1. The Hall–Kier alpha value is -1.46. The molecule has 0 spiro atoms. The summed E-state index contributed by atoms with van der Waals surface area (Å²) in [4.78, 5) is 0. The van der Waals surface area contributed by atoms with E-state index < -0.39 is 0 Å². The molecule has 0 radical (unpaired) electrons. The minimum atomic E-state index is 0. The number of ether oxygens (including phenoxy) is 2. The molecule has 0 atom stereocenters. The molecule has 0 heterocycles. The van der Waals surface area contributed by atoms with E-state index in [2.05, 4.69) is 5.32 Å². The van der Waals surface area contributed by atoms with E-state index >= 15 is 0 Å². The summed E-state index contributed by atoms with van der Waals surface area (Å²) < 4.78 is 11.3. The molecule has 126 valence electrons. The summed E-state index contributed by atoms with van der Waals surface area (Å²) in [5, 5.41) is 12.7. The topological polar surface area (TPSA) is 50.7 Å². The second kappa shape index (κ2) is 10.3. The van der Waals surface area contributed by atoms with E-state index in [-0.39, 0.29) is 19.0 Å². The summed E-state index contributed by atoms with van der Waals surface area (Å²) in [5.41, 5.74) is 2.02. The summed E-state index contributed by atoms with van der Waals surface area (Å²) in [6.45, 7) is 1.68. The molecule has 0 aliphatic carbocycles. The van der Waals surface area contributed by atoms with Gasteiger partial charge in [0.25, 0.3) is 0 Å². The average Bonchev–Trinajstić information content (AvgIpc) is 2.55. The molecule has 0 bridgehead atoms. The third-order valence-corrected chi connectivity index (χ3v) is 3.43. The van der Waals surface area contributed by atoms with Gasteiger partial charge in [-0.25, -0.2) is 0 Å². The number of aliphatic hydroxyl groups excluding tert-OH is 1. The number of aliphatic hydroxyl groups is 1. The monoisotopic (exact) mass is 357 g/mol. The predicted octanol–water partition coefficient (Wildman–Crippen LogP) is 3.43. The maximum atomic E-state index is 8.86. The highest BCUT2D eigenvalue weighted by molar-refractivity contribution is 6.30. The van der Waals surface area contributed by atoms with Crippen molar-refractivity contribution in [3.8, 4) is 11.5 Å². The Morgan fingerprint density at radius 2 is 1.87 bits per heavy atom. The van der Waals surface area contributed by atoms with Gasteiger partial charge in [0.2, 0.25) is 0 Å². The highest BCUT2D eigenvalue weighted by atomic mass is 35.5. The van der Waals surface area contributed by atoms with E-state index in [0.29, 0.717) is 36.2 Å². The van der Waals surface area contributed by atoms with Gasteiger partial charge >= 0.3 is 0 Å². The van der Waals surface area contributed by atoms with E-state index in [9.17, 15) is 0 Å². The quantitative estimate of drug-likeness (QED) is 0.710. The van der Waals surface area contributed by atoms with Crippen LogP contribution in [0.2, 0.25) is 5.02 Å². The highest BCUT2D eigenvalue weighted by Gasteiger charge is 2.10. The van der Waals surface area contributed by atoms with Gasteiger partial charge < -0.3 is 19.9 Å². The van der Waals surface area contributed by atoms with Gasteiger partial charge in [-0.1, -0.05) is 35.9 Å². The molecule has 6 heteroatoms. The molecule has 0 amide bonds. The van der Waals surface area contributed by atoms with Crippen LogP contribution in [0.4, 0.5) is 0 Å². The zero-order valence-corrected chi connectivity index (χ0v) is 14.5. The molecule has 0 aliphatic heterocycles. The van der Waals surface area contributed by atoms with E-state index in [0.717, 1.165) is 11.1 Å². The fraction of sp³-hybridized carbons (Fsp3) is 0.294. The van der Waals surface area contributed by atoms with Crippen molar-refractivity contribution in [3.63, 3.8) is 0 Å². The minimum Gasteiger partial charge on any atom is -0.493 e. The molecule has 2 rings (SSSR count). The third kappa shape index (κ3) is 5.92. The molecule has 0 fully saturated rings. The third-order valence-electron chi connectivity index (χ3n) is 3.18. The van der Waals surface area contributed by atoms with Gasteiger partial charge in [-0.15, -0.1) is 12.4 Å². The van der Waals surface area contributed by atoms with E-state index in [1.54, 1.807) is 7.11 Å². The zero-order chi connectivity index (χ0) is 15.8. The van der Waals surface area contributed by atoms with Crippen molar-refractivity contribution in [2.45, 2.75) is 13.2 Å². The molecule has 0 aromatic heterocycles. The van der Waals surface area contributed by atoms with Crippen molar-refractivity contribution >= 4 is 24.0 Å². The lowest BCUT2D eigenvalue weighted by molar-refractivity contribution is 0.277. The fourth-order valence-corrected chi connectivity index (χ4v) is 2.19. The first-order valence-corrected chi connectivity index (χ1v) is 7.47. The summed E-state index contributed by atoms with van der Waals surface area (Å²) in [6, 6.07) is 13.3. The van der Waals surface area contributed by atoms with Crippen LogP contribution in [0.5, 0.6) is 11.5 Å². The van der Waals surface area contributed by atoms with Crippen LogP contribution >= 0.6 is 24.0 Å². The Kier molecular flexibility index (Phi) is 8.81. The molecule has 4 nitrogen and oxygen atoms in total. The summed E-state index contributed by atoms with van der Waals surface area (Å²) in [5.74, 6) is 1.41. The van der Waals surface area contributed by atoms with Gasteiger partial charge in [0, 0.05) is 23.7 Å². The first kappa shape index (κ1) is 19.6. The van der Waals surface area contributed by atoms with Crippen LogP contribution < -0.4 is 14.8 Å². The van der Waals surface area contributed by atoms with Crippen LogP contribution in [0, 0.1) is 0 Å². The number of hydrogen-bond acceptors (Lipinski definition) is 4.